The second-order valence-electron chi connectivity index (χ2n) is 6.20. The van der Waals surface area contributed by atoms with Crippen molar-refractivity contribution < 1.29 is 9.53 Å². The summed E-state index contributed by atoms with van der Waals surface area (Å²) < 4.78 is 5.51. The Hall–Kier alpha value is -1.67. The van der Waals surface area contributed by atoms with Gasteiger partial charge < -0.3 is 9.64 Å². The van der Waals surface area contributed by atoms with Crippen molar-refractivity contribution >= 4 is 23.4 Å². The zero-order chi connectivity index (χ0) is 16.3. The molecule has 0 saturated heterocycles. The van der Waals surface area contributed by atoms with Crippen LogP contribution < -0.4 is 9.64 Å². The number of carbonyl (C=O) groups is 1. The number of para-hydroxylation sites is 1. The smallest absolute Gasteiger partial charge is 0.237 e. The topological polar surface area (TPSA) is 53.3 Å². The third kappa shape index (κ3) is 3.07. The number of nitrogens with zero attached hydrogens (tertiary/aromatic N) is 2. The molecule has 0 N–H and O–H groups in total. The summed E-state index contributed by atoms with van der Waals surface area (Å²) in [6, 6.07) is 8.00. The molecule has 1 aromatic rings. The Morgan fingerprint density at radius 1 is 1.55 bits per heavy atom. The number of amides is 1. The van der Waals surface area contributed by atoms with Gasteiger partial charge in [0.05, 0.1) is 30.4 Å². The van der Waals surface area contributed by atoms with Gasteiger partial charge in [-0.2, -0.15) is 5.26 Å². The van der Waals surface area contributed by atoms with E-state index in [4.69, 9.17) is 10.00 Å². The highest BCUT2D eigenvalue weighted by Crippen LogP contribution is 2.47. The number of methoxy groups -OCH3 is 1. The molecule has 4 nitrogen and oxygen atoms in total. The first-order valence-corrected chi connectivity index (χ1v) is 8.52. The van der Waals surface area contributed by atoms with E-state index >= 15 is 0 Å². The molecule has 1 atom stereocenters. The fourth-order valence-electron chi connectivity index (χ4n) is 3.30. The monoisotopic (exact) mass is 318 g/mol. The molecule has 1 aliphatic rings. The zero-order valence-corrected chi connectivity index (χ0v) is 14.4. The van der Waals surface area contributed by atoms with Crippen molar-refractivity contribution in [3.05, 3.63) is 23.8 Å². The summed E-state index contributed by atoms with van der Waals surface area (Å²) in [7, 11) is 1.63. The maximum Gasteiger partial charge on any atom is 0.237 e. The maximum absolute atomic E-state index is 12.8. The Balaban J connectivity index is 2.45. The fraction of sp³-hybridized carbons (Fsp3) is 0.529. The Morgan fingerprint density at radius 2 is 2.27 bits per heavy atom. The normalized spacial score (nSPS) is 19.2. The molecule has 0 radical (unpaired) electrons. The highest BCUT2D eigenvalue weighted by molar-refractivity contribution is 8.00. The summed E-state index contributed by atoms with van der Waals surface area (Å²) in [4.78, 5) is 14.6. The molecule has 0 saturated carbocycles. The van der Waals surface area contributed by atoms with Crippen LogP contribution in [0.3, 0.4) is 0 Å². The van der Waals surface area contributed by atoms with Crippen LogP contribution in [0.5, 0.6) is 5.75 Å². The molecule has 118 valence electrons. The fourth-order valence-corrected chi connectivity index (χ4v) is 3.80. The number of carbonyl (C=O) groups excluding carboxylic acids is 1. The second-order valence-corrected chi connectivity index (χ2v) is 7.18. The van der Waals surface area contributed by atoms with Crippen molar-refractivity contribution in [3.8, 4) is 11.8 Å². The lowest BCUT2D eigenvalue weighted by molar-refractivity contribution is -0.117. The molecule has 2 rings (SSSR count). The van der Waals surface area contributed by atoms with E-state index < -0.39 is 0 Å². The molecule has 1 unspecified atom stereocenters. The molecular formula is C17H22N2O2S. The van der Waals surface area contributed by atoms with Crippen molar-refractivity contribution in [1.82, 2.24) is 0 Å². The summed E-state index contributed by atoms with van der Waals surface area (Å²) in [5.74, 6) is 1.77. The van der Waals surface area contributed by atoms with Gasteiger partial charge in [-0.3, -0.25) is 4.79 Å². The highest BCUT2D eigenvalue weighted by Gasteiger charge is 2.41. The van der Waals surface area contributed by atoms with Gasteiger partial charge >= 0.3 is 0 Å². The molecule has 0 fully saturated rings. The van der Waals surface area contributed by atoms with Gasteiger partial charge in [0.15, 0.2) is 0 Å². The molecule has 1 heterocycles. The second kappa shape index (κ2) is 6.62. The first kappa shape index (κ1) is 16.7. The number of hydrogen-bond donors (Lipinski definition) is 0. The number of rotatable bonds is 4. The van der Waals surface area contributed by atoms with Crippen LogP contribution in [0.15, 0.2) is 18.2 Å². The number of nitriles is 1. The molecule has 0 aliphatic carbocycles. The van der Waals surface area contributed by atoms with E-state index in [0.717, 1.165) is 23.4 Å². The van der Waals surface area contributed by atoms with Gasteiger partial charge in [0.1, 0.15) is 5.75 Å². The molecule has 22 heavy (non-hydrogen) atoms. The van der Waals surface area contributed by atoms with E-state index in [1.165, 1.54) is 11.8 Å². The van der Waals surface area contributed by atoms with Crippen molar-refractivity contribution in [2.24, 2.45) is 0 Å². The zero-order valence-electron chi connectivity index (χ0n) is 13.5. The molecule has 0 aromatic heterocycles. The van der Waals surface area contributed by atoms with Crippen LogP contribution in [0, 0.1) is 11.3 Å². The number of benzene rings is 1. The van der Waals surface area contributed by atoms with Gasteiger partial charge in [-0.15, -0.1) is 11.8 Å². The lowest BCUT2D eigenvalue weighted by Gasteiger charge is -2.46. The SMILES string of the molecule is COc1cccc2c1N(C(=O)CSCC#N)C(C)(C)CC2C. The van der Waals surface area contributed by atoms with E-state index in [0.29, 0.717) is 17.4 Å². The van der Waals surface area contributed by atoms with Crippen LogP contribution in [0.4, 0.5) is 5.69 Å². The number of anilines is 1. The van der Waals surface area contributed by atoms with Crippen LogP contribution in [0.1, 0.15) is 38.7 Å². The molecular weight excluding hydrogens is 296 g/mol. The molecule has 1 aromatic carbocycles. The van der Waals surface area contributed by atoms with Crippen LogP contribution >= 0.6 is 11.8 Å². The summed E-state index contributed by atoms with van der Waals surface area (Å²) in [6.45, 7) is 6.36. The van der Waals surface area contributed by atoms with Gasteiger partial charge in [0.2, 0.25) is 5.91 Å². The summed E-state index contributed by atoms with van der Waals surface area (Å²) >= 11 is 1.35. The Morgan fingerprint density at radius 3 is 2.91 bits per heavy atom. The average molecular weight is 318 g/mol. The van der Waals surface area contributed by atoms with Gasteiger partial charge in [-0.25, -0.2) is 0 Å². The molecule has 1 aliphatic heterocycles. The largest absolute Gasteiger partial charge is 0.495 e. The summed E-state index contributed by atoms with van der Waals surface area (Å²) in [6.07, 6.45) is 0.905. The van der Waals surface area contributed by atoms with E-state index in [-0.39, 0.29) is 11.4 Å². The van der Waals surface area contributed by atoms with E-state index in [1.54, 1.807) is 7.11 Å². The molecule has 0 spiro atoms. The van der Waals surface area contributed by atoms with Crippen LogP contribution in [-0.2, 0) is 4.79 Å². The lowest BCUT2D eigenvalue weighted by atomic mass is 9.80. The number of fused-ring (bicyclic) bond motifs is 1. The first-order valence-electron chi connectivity index (χ1n) is 7.37. The summed E-state index contributed by atoms with van der Waals surface area (Å²) in [5, 5.41) is 8.65. The number of ether oxygens (including phenoxy) is 1. The van der Waals surface area contributed by atoms with Gasteiger partial charge in [0.25, 0.3) is 0 Å². The number of thioether (sulfide) groups is 1. The Kier molecular flexibility index (Phi) is 5.02. The first-order chi connectivity index (χ1) is 10.4. The lowest BCUT2D eigenvalue weighted by Crippen LogP contribution is -2.52. The summed E-state index contributed by atoms with van der Waals surface area (Å²) in [5.41, 5.74) is 1.76. The average Bonchev–Trinajstić information content (AvgIpc) is 2.46. The van der Waals surface area contributed by atoms with Crippen LogP contribution in [-0.4, -0.2) is 30.1 Å². The van der Waals surface area contributed by atoms with Crippen LogP contribution in [0.2, 0.25) is 0 Å². The van der Waals surface area contributed by atoms with Crippen molar-refractivity contribution in [1.29, 1.82) is 5.26 Å². The van der Waals surface area contributed by atoms with E-state index in [9.17, 15) is 4.79 Å². The van der Waals surface area contributed by atoms with E-state index in [2.05, 4.69) is 32.9 Å². The third-order valence-corrected chi connectivity index (χ3v) is 4.84. The third-order valence-electron chi connectivity index (χ3n) is 4.06. The molecule has 0 bridgehead atoms. The minimum atomic E-state index is -0.272. The Bertz CT molecular complexity index is 607. The minimum Gasteiger partial charge on any atom is -0.495 e. The van der Waals surface area contributed by atoms with Crippen molar-refractivity contribution in [3.63, 3.8) is 0 Å². The van der Waals surface area contributed by atoms with Crippen molar-refractivity contribution in [2.45, 2.75) is 38.6 Å². The van der Waals surface area contributed by atoms with Crippen LogP contribution in [0.25, 0.3) is 0 Å². The van der Waals surface area contributed by atoms with Gasteiger partial charge in [-0.05, 0) is 37.8 Å². The standard InChI is InChI=1S/C17H22N2O2S/c1-12-10-17(2,3)19(15(20)11-22-9-8-18)16-13(12)6-5-7-14(16)21-4/h5-7,12H,9-11H2,1-4H3. The Labute approximate surface area is 136 Å². The predicted octanol–water partition coefficient (Wildman–Crippen LogP) is 3.57. The maximum atomic E-state index is 12.8. The van der Waals surface area contributed by atoms with E-state index in [1.807, 2.05) is 17.0 Å². The van der Waals surface area contributed by atoms with Gasteiger partial charge in [-0.1, -0.05) is 19.1 Å². The quantitative estimate of drug-likeness (QED) is 0.796. The highest BCUT2D eigenvalue weighted by atomic mass is 32.2. The predicted molar refractivity (Wildman–Crippen MR) is 90.5 cm³/mol. The van der Waals surface area contributed by atoms with Crippen molar-refractivity contribution in [2.75, 3.05) is 23.5 Å². The molecule has 1 amide bonds. The van der Waals surface area contributed by atoms with Gasteiger partial charge in [0, 0.05) is 5.54 Å². The number of hydrogen-bond acceptors (Lipinski definition) is 4. The minimum absolute atomic E-state index is 0.0305. The molecule has 5 heteroatoms.